The molecule has 0 fully saturated rings. The zero-order valence-electron chi connectivity index (χ0n) is 10.0. The Morgan fingerprint density at radius 1 is 1.35 bits per heavy atom. The van der Waals surface area contributed by atoms with Crippen LogP contribution in [-0.4, -0.2) is 6.54 Å². The van der Waals surface area contributed by atoms with Gasteiger partial charge in [-0.1, -0.05) is 25.1 Å². The lowest BCUT2D eigenvalue weighted by atomic mass is 10.0. The normalized spacial score (nSPS) is 12.6. The first kappa shape index (κ1) is 11.9. The van der Waals surface area contributed by atoms with Gasteiger partial charge in [0.05, 0.1) is 12.3 Å². The second-order valence-electron chi connectivity index (χ2n) is 4.00. The Morgan fingerprint density at radius 2 is 2.12 bits per heavy atom. The van der Waals surface area contributed by atoms with E-state index in [0.717, 1.165) is 17.9 Å². The highest BCUT2D eigenvalue weighted by Gasteiger charge is 2.18. The predicted molar refractivity (Wildman–Crippen MR) is 65.4 cm³/mol. The third-order valence-corrected chi connectivity index (χ3v) is 2.71. The van der Waals surface area contributed by atoms with Gasteiger partial charge >= 0.3 is 0 Å². The van der Waals surface area contributed by atoms with E-state index in [1.165, 1.54) is 6.07 Å². The third-order valence-electron chi connectivity index (χ3n) is 2.71. The average molecular weight is 233 g/mol. The lowest BCUT2D eigenvalue weighted by Crippen LogP contribution is -2.22. The van der Waals surface area contributed by atoms with Crippen LogP contribution in [-0.2, 0) is 0 Å². The van der Waals surface area contributed by atoms with Crippen molar-refractivity contribution in [1.82, 2.24) is 5.32 Å². The van der Waals surface area contributed by atoms with Gasteiger partial charge < -0.3 is 9.73 Å². The summed E-state index contributed by atoms with van der Waals surface area (Å²) in [7, 11) is 0. The second-order valence-corrected chi connectivity index (χ2v) is 4.00. The van der Waals surface area contributed by atoms with Gasteiger partial charge in [-0.25, -0.2) is 4.39 Å². The Bertz CT molecular complexity index is 492. The van der Waals surface area contributed by atoms with Gasteiger partial charge in [-0.15, -0.1) is 0 Å². The van der Waals surface area contributed by atoms with Crippen molar-refractivity contribution in [2.45, 2.75) is 19.9 Å². The minimum Gasteiger partial charge on any atom is -0.469 e. The summed E-state index contributed by atoms with van der Waals surface area (Å²) in [6.07, 6.45) is 1.68. The van der Waals surface area contributed by atoms with Gasteiger partial charge in [-0.2, -0.15) is 0 Å². The molecule has 1 unspecified atom stereocenters. The van der Waals surface area contributed by atoms with E-state index in [9.17, 15) is 4.39 Å². The number of halogens is 1. The molecule has 3 heteroatoms. The Labute approximate surface area is 100 Å². The molecule has 0 saturated heterocycles. The molecule has 0 saturated carbocycles. The van der Waals surface area contributed by atoms with E-state index in [1.54, 1.807) is 18.4 Å². The van der Waals surface area contributed by atoms with Gasteiger partial charge in [-0.3, -0.25) is 0 Å². The van der Waals surface area contributed by atoms with E-state index in [-0.39, 0.29) is 11.9 Å². The van der Waals surface area contributed by atoms with Crippen LogP contribution in [0.4, 0.5) is 4.39 Å². The van der Waals surface area contributed by atoms with Gasteiger partial charge in [0.1, 0.15) is 11.6 Å². The van der Waals surface area contributed by atoms with Crippen LogP contribution in [0.1, 0.15) is 29.9 Å². The van der Waals surface area contributed by atoms with Crippen molar-refractivity contribution in [3.05, 3.63) is 59.3 Å². The molecule has 2 rings (SSSR count). The van der Waals surface area contributed by atoms with E-state index in [1.807, 2.05) is 26.0 Å². The van der Waals surface area contributed by atoms with Crippen molar-refractivity contribution in [2.75, 3.05) is 6.54 Å². The molecule has 1 aromatic carbocycles. The molecule has 2 aromatic rings. The van der Waals surface area contributed by atoms with E-state index in [2.05, 4.69) is 5.32 Å². The van der Waals surface area contributed by atoms with Crippen LogP contribution < -0.4 is 5.32 Å². The highest BCUT2D eigenvalue weighted by Crippen LogP contribution is 2.25. The van der Waals surface area contributed by atoms with Crippen LogP contribution in [0, 0.1) is 12.7 Å². The van der Waals surface area contributed by atoms with E-state index < -0.39 is 0 Å². The van der Waals surface area contributed by atoms with Crippen molar-refractivity contribution in [1.29, 1.82) is 0 Å². The molecule has 1 heterocycles. The van der Waals surface area contributed by atoms with Gasteiger partial charge in [0, 0.05) is 11.1 Å². The number of nitrogens with one attached hydrogen (secondary N) is 1. The number of hydrogen-bond acceptors (Lipinski definition) is 2. The molecule has 1 aromatic heterocycles. The molecule has 17 heavy (non-hydrogen) atoms. The average Bonchev–Trinajstić information content (AvgIpc) is 2.74. The van der Waals surface area contributed by atoms with Crippen LogP contribution in [0.3, 0.4) is 0 Å². The molecule has 0 aliphatic rings. The Balaban J connectivity index is 2.39. The molecular weight excluding hydrogens is 217 g/mol. The summed E-state index contributed by atoms with van der Waals surface area (Å²) in [5.74, 6) is 0.636. The topological polar surface area (TPSA) is 25.2 Å². The number of furan rings is 1. The van der Waals surface area contributed by atoms with Gasteiger partial charge in [0.25, 0.3) is 0 Å². The van der Waals surface area contributed by atoms with Crippen molar-refractivity contribution < 1.29 is 8.81 Å². The predicted octanol–water partition coefficient (Wildman–Crippen LogP) is 3.43. The first-order chi connectivity index (χ1) is 8.22. The van der Waals surface area contributed by atoms with Gasteiger partial charge in [0.2, 0.25) is 0 Å². The first-order valence-electron chi connectivity index (χ1n) is 5.75. The Hall–Kier alpha value is -1.61. The molecule has 0 aliphatic carbocycles. The molecule has 1 atom stereocenters. The van der Waals surface area contributed by atoms with Gasteiger partial charge in [0.15, 0.2) is 0 Å². The smallest absolute Gasteiger partial charge is 0.128 e. The molecule has 0 radical (unpaired) electrons. The number of hydrogen-bond donors (Lipinski definition) is 1. The molecule has 0 spiro atoms. The highest BCUT2D eigenvalue weighted by molar-refractivity contribution is 5.31. The largest absolute Gasteiger partial charge is 0.469 e. The third kappa shape index (κ3) is 2.56. The maximum atomic E-state index is 13.8. The van der Waals surface area contributed by atoms with Crippen molar-refractivity contribution in [3.8, 4) is 0 Å². The fourth-order valence-electron chi connectivity index (χ4n) is 1.94. The Kier molecular flexibility index (Phi) is 3.59. The fraction of sp³-hybridized carbons (Fsp3) is 0.286. The zero-order valence-corrected chi connectivity index (χ0v) is 10.0. The first-order valence-corrected chi connectivity index (χ1v) is 5.75. The summed E-state index contributed by atoms with van der Waals surface area (Å²) < 4.78 is 19.1. The van der Waals surface area contributed by atoms with Crippen LogP contribution in [0.5, 0.6) is 0 Å². The van der Waals surface area contributed by atoms with Crippen molar-refractivity contribution in [2.24, 2.45) is 0 Å². The lowest BCUT2D eigenvalue weighted by molar-refractivity contribution is 0.520. The molecule has 0 bridgehead atoms. The standard InChI is InChI=1S/C14H16FNO/c1-3-16-14(11-8-10(2)17-9-11)12-6-4-5-7-13(12)15/h4-9,14,16H,3H2,1-2H3. The molecule has 2 nitrogen and oxygen atoms in total. The summed E-state index contributed by atoms with van der Waals surface area (Å²) >= 11 is 0. The number of benzene rings is 1. The minimum atomic E-state index is -0.197. The van der Waals surface area contributed by atoms with E-state index in [0.29, 0.717) is 5.56 Å². The summed E-state index contributed by atoms with van der Waals surface area (Å²) in [5, 5.41) is 3.27. The monoisotopic (exact) mass is 233 g/mol. The summed E-state index contributed by atoms with van der Waals surface area (Å²) in [4.78, 5) is 0. The highest BCUT2D eigenvalue weighted by atomic mass is 19.1. The summed E-state index contributed by atoms with van der Waals surface area (Å²) in [6, 6.07) is 8.59. The Morgan fingerprint density at radius 3 is 2.71 bits per heavy atom. The van der Waals surface area contributed by atoms with E-state index in [4.69, 9.17) is 4.42 Å². The summed E-state index contributed by atoms with van der Waals surface area (Å²) in [6.45, 7) is 4.65. The maximum Gasteiger partial charge on any atom is 0.128 e. The number of aryl methyl sites for hydroxylation is 1. The molecular formula is C14H16FNO. The quantitative estimate of drug-likeness (QED) is 0.875. The summed E-state index contributed by atoms with van der Waals surface area (Å²) in [5.41, 5.74) is 1.60. The second kappa shape index (κ2) is 5.15. The van der Waals surface area contributed by atoms with E-state index >= 15 is 0 Å². The van der Waals surface area contributed by atoms with Crippen LogP contribution in [0.2, 0.25) is 0 Å². The SMILES string of the molecule is CCNC(c1coc(C)c1)c1ccccc1F. The van der Waals surface area contributed by atoms with Crippen LogP contribution in [0.15, 0.2) is 41.0 Å². The van der Waals surface area contributed by atoms with Crippen LogP contribution in [0.25, 0.3) is 0 Å². The molecule has 90 valence electrons. The lowest BCUT2D eigenvalue weighted by Gasteiger charge is -2.17. The molecule has 0 amide bonds. The fourth-order valence-corrected chi connectivity index (χ4v) is 1.94. The molecule has 0 aliphatic heterocycles. The van der Waals surface area contributed by atoms with Crippen molar-refractivity contribution >= 4 is 0 Å². The van der Waals surface area contributed by atoms with Crippen LogP contribution >= 0.6 is 0 Å². The number of rotatable bonds is 4. The van der Waals surface area contributed by atoms with Crippen molar-refractivity contribution in [3.63, 3.8) is 0 Å². The maximum absolute atomic E-state index is 13.8. The zero-order chi connectivity index (χ0) is 12.3. The minimum absolute atomic E-state index is 0.154. The molecule has 1 N–H and O–H groups in total. The van der Waals surface area contributed by atoms with Gasteiger partial charge in [-0.05, 0) is 25.6 Å².